The van der Waals surface area contributed by atoms with E-state index in [0.29, 0.717) is 11.1 Å². The van der Waals surface area contributed by atoms with E-state index in [1.54, 1.807) is 36.7 Å². The van der Waals surface area contributed by atoms with Crippen molar-refractivity contribution in [1.82, 2.24) is 4.98 Å². The van der Waals surface area contributed by atoms with Crippen molar-refractivity contribution in [2.45, 2.75) is 18.7 Å². The van der Waals surface area contributed by atoms with Crippen molar-refractivity contribution in [3.8, 4) is 0 Å². The second kappa shape index (κ2) is 5.42. The van der Waals surface area contributed by atoms with Gasteiger partial charge in [0.05, 0.1) is 10.6 Å². The van der Waals surface area contributed by atoms with Crippen molar-refractivity contribution in [3.05, 3.63) is 66.0 Å². The van der Waals surface area contributed by atoms with Gasteiger partial charge < -0.3 is 0 Å². The average molecular weight is 312 g/mol. The van der Waals surface area contributed by atoms with Crippen LogP contribution in [0.1, 0.15) is 11.1 Å². The molecule has 0 aliphatic carbocycles. The number of benzene rings is 2. The lowest BCUT2D eigenvalue weighted by atomic mass is 10.1. The molecule has 0 saturated heterocycles. The zero-order chi connectivity index (χ0) is 15.7. The van der Waals surface area contributed by atoms with E-state index in [1.165, 1.54) is 0 Å². The second-order valence-electron chi connectivity index (χ2n) is 5.28. The minimum absolute atomic E-state index is 0.257. The van der Waals surface area contributed by atoms with Crippen LogP contribution in [0.25, 0.3) is 10.8 Å². The zero-order valence-corrected chi connectivity index (χ0v) is 13.2. The highest BCUT2D eigenvalue weighted by Gasteiger charge is 2.18. The summed E-state index contributed by atoms with van der Waals surface area (Å²) < 4.78 is 28.1. The Morgan fingerprint density at radius 1 is 1.05 bits per heavy atom. The Morgan fingerprint density at radius 3 is 2.64 bits per heavy atom. The molecule has 0 aliphatic rings. The first kappa shape index (κ1) is 14.5. The number of aromatic nitrogens is 1. The molecule has 0 fully saturated rings. The summed E-state index contributed by atoms with van der Waals surface area (Å²) in [6.07, 6.45) is 3.25. The number of nitrogens with one attached hydrogen (secondary N) is 1. The quantitative estimate of drug-likeness (QED) is 0.803. The molecule has 0 radical (unpaired) electrons. The van der Waals surface area contributed by atoms with Crippen molar-refractivity contribution < 1.29 is 8.42 Å². The topological polar surface area (TPSA) is 59.1 Å². The van der Waals surface area contributed by atoms with Crippen molar-refractivity contribution >= 4 is 26.5 Å². The zero-order valence-electron chi connectivity index (χ0n) is 12.4. The molecule has 0 aliphatic heterocycles. The Kier molecular flexibility index (Phi) is 3.58. The summed E-state index contributed by atoms with van der Waals surface area (Å²) >= 11 is 0. The number of rotatable bonds is 3. The fourth-order valence-electron chi connectivity index (χ4n) is 2.46. The van der Waals surface area contributed by atoms with Gasteiger partial charge in [-0.15, -0.1) is 0 Å². The van der Waals surface area contributed by atoms with Crippen LogP contribution in [-0.4, -0.2) is 13.4 Å². The van der Waals surface area contributed by atoms with Gasteiger partial charge in [0.25, 0.3) is 10.0 Å². The molecule has 1 heterocycles. The second-order valence-corrected chi connectivity index (χ2v) is 6.93. The monoisotopic (exact) mass is 312 g/mol. The standard InChI is InChI=1S/C17H16N2O2S/c1-12-6-7-16(13(2)10-12)19-22(20,21)17-5-3-4-14-11-18-9-8-15(14)17/h3-11,19H,1-2H3. The maximum Gasteiger partial charge on any atom is 0.262 e. The van der Waals surface area contributed by atoms with E-state index >= 15 is 0 Å². The number of aryl methyl sites for hydroxylation is 2. The van der Waals surface area contributed by atoms with E-state index in [9.17, 15) is 8.42 Å². The molecule has 112 valence electrons. The SMILES string of the molecule is Cc1ccc(NS(=O)(=O)c2cccc3cnccc23)c(C)c1. The first-order valence-corrected chi connectivity index (χ1v) is 8.38. The Labute approximate surface area is 129 Å². The fraction of sp³-hybridized carbons (Fsp3) is 0.118. The summed E-state index contributed by atoms with van der Waals surface area (Å²) in [6.45, 7) is 3.86. The number of nitrogens with zero attached hydrogens (tertiary/aromatic N) is 1. The van der Waals surface area contributed by atoms with Crippen molar-refractivity contribution in [1.29, 1.82) is 0 Å². The normalized spacial score (nSPS) is 11.5. The summed E-state index contributed by atoms with van der Waals surface area (Å²) in [5.74, 6) is 0. The molecule has 0 atom stereocenters. The Bertz CT molecular complexity index is 945. The van der Waals surface area contributed by atoms with Crippen LogP contribution in [0.15, 0.2) is 59.8 Å². The predicted molar refractivity (Wildman–Crippen MR) is 88.5 cm³/mol. The molecule has 5 heteroatoms. The van der Waals surface area contributed by atoms with Crippen molar-refractivity contribution in [2.75, 3.05) is 4.72 Å². The van der Waals surface area contributed by atoms with Crippen LogP contribution >= 0.6 is 0 Å². The highest BCUT2D eigenvalue weighted by Crippen LogP contribution is 2.25. The van der Waals surface area contributed by atoms with E-state index in [4.69, 9.17) is 0 Å². The van der Waals surface area contributed by atoms with E-state index < -0.39 is 10.0 Å². The van der Waals surface area contributed by atoms with Gasteiger partial charge in [-0.25, -0.2) is 8.42 Å². The molecule has 4 nitrogen and oxygen atoms in total. The van der Waals surface area contributed by atoms with Gasteiger partial charge in [0.15, 0.2) is 0 Å². The average Bonchev–Trinajstić information content (AvgIpc) is 2.49. The van der Waals surface area contributed by atoms with Crippen LogP contribution in [0.2, 0.25) is 0 Å². The molecule has 1 N–H and O–H groups in total. The summed E-state index contributed by atoms with van der Waals surface area (Å²) in [5.41, 5.74) is 2.58. The summed E-state index contributed by atoms with van der Waals surface area (Å²) in [7, 11) is -3.65. The number of anilines is 1. The molecule has 0 spiro atoms. The molecule has 0 saturated carbocycles. The van der Waals surface area contributed by atoms with Crippen LogP contribution < -0.4 is 4.72 Å². The molecule has 0 bridgehead atoms. The Hall–Kier alpha value is -2.40. The molecule has 0 unspecified atom stereocenters. The Morgan fingerprint density at radius 2 is 1.86 bits per heavy atom. The van der Waals surface area contributed by atoms with Crippen LogP contribution in [0, 0.1) is 13.8 Å². The van der Waals surface area contributed by atoms with E-state index in [2.05, 4.69) is 9.71 Å². The van der Waals surface area contributed by atoms with Gasteiger partial charge >= 0.3 is 0 Å². The summed E-state index contributed by atoms with van der Waals surface area (Å²) in [4.78, 5) is 4.29. The van der Waals surface area contributed by atoms with E-state index in [-0.39, 0.29) is 4.90 Å². The molecular formula is C17H16N2O2S. The Balaban J connectivity index is 2.09. The highest BCUT2D eigenvalue weighted by molar-refractivity contribution is 7.93. The number of sulfonamides is 1. The maximum absolute atomic E-state index is 12.7. The van der Waals surface area contributed by atoms with Crippen LogP contribution in [-0.2, 0) is 10.0 Å². The van der Waals surface area contributed by atoms with Gasteiger partial charge in [-0.3, -0.25) is 9.71 Å². The molecule has 1 aromatic heterocycles. The van der Waals surface area contributed by atoms with Crippen LogP contribution in [0.4, 0.5) is 5.69 Å². The first-order chi connectivity index (χ1) is 10.5. The molecule has 22 heavy (non-hydrogen) atoms. The minimum Gasteiger partial charge on any atom is -0.279 e. The van der Waals surface area contributed by atoms with Gasteiger partial charge in [0, 0.05) is 23.2 Å². The number of fused-ring (bicyclic) bond motifs is 1. The number of hydrogen-bond acceptors (Lipinski definition) is 3. The fourth-order valence-corrected chi connectivity index (χ4v) is 3.82. The smallest absolute Gasteiger partial charge is 0.262 e. The highest BCUT2D eigenvalue weighted by atomic mass is 32.2. The van der Waals surface area contributed by atoms with Gasteiger partial charge in [-0.05, 0) is 37.6 Å². The summed E-state index contributed by atoms with van der Waals surface area (Å²) in [6, 6.07) is 12.5. The van der Waals surface area contributed by atoms with Crippen LogP contribution in [0.3, 0.4) is 0 Å². The number of pyridine rings is 1. The van der Waals surface area contributed by atoms with Gasteiger partial charge in [-0.2, -0.15) is 0 Å². The molecule has 0 amide bonds. The predicted octanol–water partition coefficient (Wildman–Crippen LogP) is 3.65. The lowest BCUT2D eigenvalue weighted by Gasteiger charge is -2.12. The lowest BCUT2D eigenvalue weighted by Crippen LogP contribution is -2.14. The van der Waals surface area contributed by atoms with Crippen molar-refractivity contribution in [3.63, 3.8) is 0 Å². The first-order valence-electron chi connectivity index (χ1n) is 6.90. The summed E-state index contributed by atoms with van der Waals surface area (Å²) in [5, 5.41) is 1.46. The molecule has 2 aromatic carbocycles. The van der Waals surface area contributed by atoms with E-state index in [0.717, 1.165) is 16.5 Å². The lowest BCUT2D eigenvalue weighted by molar-refractivity contribution is 0.602. The van der Waals surface area contributed by atoms with Crippen LogP contribution in [0.5, 0.6) is 0 Å². The third-order valence-electron chi connectivity index (χ3n) is 3.56. The van der Waals surface area contributed by atoms with Gasteiger partial charge in [-0.1, -0.05) is 29.8 Å². The minimum atomic E-state index is -3.65. The molecule has 3 rings (SSSR count). The van der Waals surface area contributed by atoms with Gasteiger partial charge in [0.1, 0.15) is 0 Å². The largest absolute Gasteiger partial charge is 0.279 e. The van der Waals surface area contributed by atoms with E-state index in [1.807, 2.05) is 32.0 Å². The maximum atomic E-state index is 12.7. The number of hydrogen-bond donors (Lipinski definition) is 1. The molecule has 3 aromatic rings. The third-order valence-corrected chi connectivity index (χ3v) is 4.98. The molecular weight excluding hydrogens is 296 g/mol. The third kappa shape index (κ3) is 2.67. The van der Waals surface area contributed by atoms with Gasteiger partial charge in [0.2, 0.25) is 0 Å². The van der Waals surface area contributed by atoms with Crippen molar-refractivity contribution in [2.24, 2.45) is 0 Å².